The molecule has 3 N–H and O–H groups in total. The third-order valence-corrected chi connectivity index (χ3v) is 3.65. The fourth-order valence-electron chi connectivity index (χ4n) is 2.35. The molecular formula is C18H22N2OS. The summed E-state index contributed by atoms with van der Waals surface area (Å²) < 4.78 is 5.85. The molecule has 0 spiro atoms. The Balaban J connectivity index is 1.81. The molecule has 22 heavy (non-hydrogen) atoms. The van der Waals surface area contributed by atoms with E-state index in [1.165, 1.54) is 5.56 Å². The van der Waals surface area contributed by atoms with Crippen molar-refractivity contribution in [2.24, 2.45) is 5.73 Å². The SMILES string of the molecule is CC(CCCOc1ccccc1NC(N)=S)c1ccccc1. The summed E-state index contributed by atoms with van der Waals surface area (Å²) in [5.41, 5.74) is 7.70. The van der Waals surface area contributed by atoms with Crippen LogP contribution < -0.4 is 15.8 Å². The van der Waals surface area contributed by atoms with Crippen molar-refractivity contribution in [3.63, 3.8) is 0 Å². The summed E-state index contributed by atoms with van der Waals surface area (Å²) in [6.45, 7) is 2.92. The number of rotatable bonds is 7. The Bertz CT molecular complexity index is 601. The first-order valence-electron chi connectivity index (χ1n) is 7.50. The fourth-order valence-corrected chi connectivity index (χ4v) is 2.46. The Labute approximate surface area is 137 Å². The summed E-state index contributed by atoms with van der Waals surface area (Å²) in [7, 11) is 0. The van der Waals surface area contributed by atoms with Gasteiger partial charge in [-0.1, -0.05) is 49.4 Å². The zero-order valence-corrected chi connectivity index (χ0v) is 13.6. The van der Waals surface area contributed by atoms with Crippen molar-refractivity contribution in [1.82, 2.24) is 0 Å². The van der Waals surface area contributed by atoms with Gasteiger partial charge in [-0.3, -0.25) is 0 Å². The van der Waals surface area contributed by atoms with Crippen LogP contribution in [0.15, 0.2) is 54.6 Å². The summed E-state index contributed by atoms with van der Waals surface area (Å²) in [5, 5.41) is 3.18. The molecule has 3 nitrogen and oxygen atoms in total. The predicted molar refractivity (Wildman–Crippen MR) is 96.4 cm³/mol. The number of nitrogens with one attached hydrogen (secondary N) is 1. The lowest BCUT2D eigenvalue weighted by molar-refractivity contribution is 0.304. The smallest absolute Gasteiger partial charge is 0.168 e. The average Bonchev–Trinajstić information content (AvgIpc) is 2.53. The third kappa shape index (κ3) is 5.04. The van der Waals surface area contributed by atoms with Gasteiger partial charge in [-0.15, -0.1) is 0 Å². The molecule has 0 saturated carbocycles. The summed E-state index contributed by atoms with van der Waals surface area (Å²) in [5.74, 6) is 1.32. The van der Waals surface area contributed by atoms with Crippen LogP contribution in [0.25, 0.3) is 0 Å². The van der Waals surface area contributed by atoms with E-state index in [0.29, 0.717) is 12.5 Å². The minimum Gasteiger partial charge on any atom is -0.491 e. The van der Waals surface area contributed by atoms with E-state index in [9.17, 15) is 0 Å². The van der Waals surface area contributed by atoms with Crippen LogP contribution in [-0.4, -0.2) is 11.7 Å². The summed E-state index contributed by atoms with van der Waals surface area (Å²) in [6.07, 6.45) is 2.09. The molecule has 0 aliphatic heterocycles. The summed E-state index contributed by atoms with van der Waals surface area (Å²) in [6, 6.07) is 18.2. The van der Waals surface area contributed by atoms with Gasteiger partial charge in [0, 0.05) is 0 Å². The zero-order chi connectivity index (χ0) is 15.8. The number of hydrogen-bond acceptors (Lipinski definition) is 2. The Hall–Kier alpha value is -2.07. The molecule has 0 aliphatic rings. The minimum atomic E-state index is 0.244. The molecule has 2 aromatic rings. The van der Waals surface area contributed by atoms with Crippen LogP contribution >= 0.6 is 12.2 Å². The number of para-hydroxylation sites is 2. The van der Waals surface area contributed by atoms with Crippen LogP contribution in [0.2, 0.25) is 0 Å². The molecule has 0 amide bonds. The normalized spacial score (nSPS) is 11.7. The van der Waals surface area contributed by atoms with Crippen molar-refractivity contribution in [2.45, 2.75) is 25.7 Å². The molecule has 0 aliphatic carbocycles. The largest absolute Gasteiger partial charge is 0.491 e. The highest BCUT2D eigenvalue weighted by Gasteiger charge is 2.06. The van der Waals surface area contributed by atoms with Crippen LogP contribution in [0.5, 0.6) is 5.75 Å². The molecule has 0 aromatic heterocycles. The second-order valence-electron chi connectivity index (χ2n) is 5.29. The van der Waals surface area contributed by atoms with Gasteiger partial charge in [0.1, 0.15) is 5.75 Å². The first kappa shape index (κ1) is 16.3. The third-order valence-electron chi connectivity index (χ3n) is 3.55. The van der Waals surface area contributed by atoms with Gasteiger partial charge in [0.15, 0.2) is 5.11 Å². The Morgan fingerprint density at radius 2 is 1.82 bits per heavy atom. The van der Waals surface area contributed by atoms with E-state index in [-0.39, 0.29) is 5.11 Å². The predicted octanol–water partition coefficient (Wildman–Crippen LogP) is 4.30. The minimum absolute atomic E-state index is 0.244. The number of nitrogens with two attached hydrogens (primary N) is 1. The monoisotopic (exact) mass is 314 g/mol. The quantitative estimate of drug-likeness (QED) is 0.591. The Morgan fingerprint density at radius 1 is 1.14 bits per heavy atom. The Morgan fingerprint density at radius 3 is 2.55 bits per heavy atom. The van der Waals surface area contributed by atoms with E-state index in [1.54, 1.807) is 0 Å². The van der Waals surface area contributed by atoms with Crippen LogP contribution in [-0.2, 0) is 0 Å². The van der Waals surface area contributed by atoms with E-state index in [0.717, 1.165) is 24.3 Å². The highest BCUT2D eigenvalue weighted by molar-refractivity contribution is 7.80. The van der Waals surface area contributed by atoms with Gasteiger partial charge in [-0.05, 0) is 48.7 Å². The zero-order valence-electron chi connectivity index (χ0n) is 12.8. The Kier molecular flexibility index (Phi) is 6.22. The highest BCUT2D eigenvalue weighted by atomic mass is 32.1. The number of hydrogen-bond donors (Lipinski definition) is 2. The number of anilines is 1. The lowest BCUT2D eigenvalue weighted by atomic mass is 9.97. The maximum atomic E-state index is 5.85. The number of benzene rings is 2. The molecule has 0 saturated heterocycles. The fraction of sp³-hybridized carbons (Fsp3) is 0.278. The first-order valence-corrected chi connectivity index (χ1v) is 7.91. The van der Waals surface area contributed by atoms with E-state index in [2.05, 4.69) is 36.5 Å². The van der Waals surface area contributed by atoms with Gasteiger partial charge in [0.05, 0.1) is 12.3 Å². The topological polar surface area (TPSA) is 47.3 Å². The van der Waals surface area contributed by atoms with Crippen molar-refractivity contribution >= 4 is 23.0 Å². The molecule has 0 bridgehead atoms. The van der Waals surface area contributed by atoms with Gasteiger partial charge in [-0.25, -0.2) is 0 Å². The number of ether oxygens (including phenoxy) is 1. The second-order valence-corrected chi connectivity index (χ2v) is 5.73. The molecule has 4 heteroatoms. The molecule has 0 heterocycles. The van der Waals surface area contributed by atoms with Gasteiger partial charge < -0.3 is 15.8 Å². The second kappa shape index (κ2) is 8.39. The molecule has 1 atom stereocenters. The molecule has 0 fully saturated rings. The molecule has 2 aromatic carbocycles. The maximum absolute atomic E-state index is 5.85. The summed E-state index contributed by atoms with van der Waals surface area (Å²) in [4.78, 5) is 0. The number of thiocarbonyl (C=S) groups is 1. The van der Waals surface area contributed by atoms with Crippen LogP contribution in [0.3, 0.4) is 0 Å². The van der Waals surface area contributed by atoms with Crippen molar-refractivity contribution in [2.75, 3.05) is 11.9 Å². The molecule has 2 rings (SSSR count). The van der Waals surface area contributed by atoms with E-state index in [4.69, 9.17) is 22.7 Å². The summed E-state index contributed by atoms with van der Waals surface area (Å²) >= 11 is 4.87. The lowest BCUT2D eigenvalue weighted by Gasteiger charge is -2.14. The first-order chi connectivity index (χ1) is 10.7. The lowest BCUT2D eigenvalue weighted by Crippen LogP contribution is -2.19. The standard InChI is InChI=1S/C18H22N2OS/c1-14(15-9-3-2-4-10-15)8-7-13-21-17-12-6-5-11-16(17)20-18(19)22/h2-6,9-12,14H,7-8,13H2,1H3,(H3,19,20,22). The van der Waals surface area contributed by atoms with E-state index in [1.807, 2.05) is 30.3 Å². The molecule has 0 radical (unpaired) electrons. The highest BCUT2D eigenvalue weighted by Crippen LogP contribution is 2.25. The van der Waals surface area contributed by atoms with E-state index >= 15 is 0 Å². The van der Waals surface area contributed by atoms with Crippen LogP contribution in [0.1, 0.15) is 31.2 Å². The van der Waals surface area contributed by atoms with Gasteiger partial charge >= 0.3 is 0 Å². The van der Waals surface area contributed by atoms with Gasteiger partial charge in [-0.2, -0.15) is 0 Å². The van der Waals surface area contributed by atoms with Crippen LogP contribution in [0.4, 0.5) is 5.69 Å². The molecule has 116 valence electrons. The van der Waals surface area contributed by atoms with Crippen LogP contribution in [0, 0.1) is 0 Å². The maximum Gasteiger partial charge on any atom is 0.168 e. The van der Waals surface area contributed by atoms with E-state index < -0.39 is 0 Å². The molecule has 1 unspecified atom stereocenters. The van der Waals surface area contributed by atoms with Crippen molar-refractivity contribution in [1.29, 1.82) is 0 Å². The van der Waals surface area contributed by atoms with Gasteiger partial charge in [0.25, 0.3) is 0 Å². The molecular weight excluding hydrogens is 292 g/mol. The van der Waals surface area contributed by atoms with Gasteiger partial charge in [0.2, 0.25) is 0 Å². The van der Waals surface area contributed by atoms with Crippen molar-refractivity contribution in [3.05, 3.63) is 60.2 Å². The average molecular weight is 314 g/mol. The van der Waals surface area contributed by atoms with Crippen molar-refractivity contribution in [3.8, 4) is 5.75 Å². The van der Waals surface area contributed by atoms with Crippen molar-refractivity contribution < 1.29 is 4.74 Å².